The van der Waals surface area contributed by atoms with E-state index in [-0.39, 0.29) is 6.61 Å². The number of aliphatic hydroxyl groups is 1. The number of hydrogen-bond acceptors (Lipinski definition) is 3. The van der Waals surface area contributed by atoms with E-state index in [2.05, 4.69) is 0 Å². The Balaban J connectivity index is 2.06. The molecule has 0 saturated heterocycles. The second kappa shape index (κ2) is 5.95. The first-order valence-corrected chi connectivity index (χ1v) is 6.37. The highest BCUT2D eigenvalue weighted by Gasteiger charge is 2.12. The third-order valence-corrected chi connectivity index (χ3v) is 3.15. The predicted molar refractivity (Wildman–Crippen MR) is 77.5 cm³/mol. The Hall–Kier alpha value is -1.71. The number of aliphatic hydroxyl groups excluding tert-OH is 1. The standard InChI is InChI=1S/C15H16ClNO2/c1-10-6-7-12(16)15(8-10)19-9-14(18)11-4-2-3-5-13(11)17/h2-8,14,18H,9,17H2,1H3. The molecule has 4 heteroatoms. The van der Waals surface area contributed by atoms with Gasteiger partial charge in [-0.2, -0.15) is 0 Å². The summed E-state index contributed by atoms with van der Waals surface area (Å²) in [7, 11) is 0. The Morgan fingerprint density at radius 3 is 2.74 bits per heavy atom. The van der Waals surface area contributed by atoms with Gasteiger partial charge in [0.2, 0.25) is 0 Å². The van der Waals surface area contributed by atoms with Crippen LogP contribution in [-0.2, 0) is 0 Å². The molecule has 3 nitrogen and oxygen atoms in total. The lowest BCUT2D eigenvalue weighted by Crippen LogP contribution is -2.11. The largest absolute Gasteiger partial charge is 0.489 e. The zero-order valence-corrected chi connectivity index (χ0v) is 11.4. The van der Waals surface area contributed by atoms with Crippen molar-refractivity contribution in [2.75, 3.05) is 12.3 Å². The van der Waals surface area contributed by atoms with Crippen LogP contribution < -0.4 is 10.5 Å². The van der Waals surface area contributed by atoms with Crippen LogP contribution in [0.1, 0.15) is 17.2 Å². The number of anilines is 1. The number of hydrogen-bond donors (Lipinski definition) is 2. The molecule has 0 spiro atoms. The Labute approximate surface area is 117 Å². The summed E-state index contributed by atoms with van der Waals surface area (Å²) >= 11 is 6.03. The molecule has 2 aromatic rings. The van der Waals surface area contributed by atoms with E-state index in [0.29, 0.717) is 22.0 Å². The van der Waals surface area contributed by atoms with Gasteiger partial charge in [0.25, 0.3) is 0 Å². The highest BCUT2D eigenvalue weighted by molar-refractivity contribution is 6.32. The van der Waals surface area contributed by atoms with Gasteiger partial charge in [0.1, 0.15) is 18.5 Å². The maximum Gasteiger partial charge on any atom is 0.138 e. The lowest BCUT2D eigenvalue weighted by molar-refractivity contribution is 0.109. The monoisotopic (exact) mass is 277 g/mol. The summed E-state index contributed by atoms with van der Waals surface area (Å²) in [6.45, 7) is 2.06. The molecule has 0 bridgehead atoms. The molecule has 1 atom stereocenters. The molecule has 0 heterocycles. The summed E-state index contributed by atoms with van der Waals surface area (Å²) in [5.74, 6) is 0.565. The molecule has 0 aliphatic rings. The van der Waals surface area contributed by atoms with E-state index in [1.807, 2.05) is 31.2 Å². The van der Waals surface area contributed by atoms with Crippen LogP contribution in [-0.4, -0.2) is 11.7 Å². The Morgan fingerprint density at radius 1 is 1.26 bits per heavy atom. The van der Waals surface area contributed by atoms with Gasteiger partial charge in [0.15, 0.2) is 0 Å². The zero-order chi connectivity index (χ0) is 13.8. The van der Waals surface area contributed by atoms with E-state index in [0.717, 1.165) is 5.56 Å². The molecule has 0 aliphatic carbocycles. The second-order valence-electron chi connectivity index (χ2n) is 4.39. The van der Waals surface area contributed by atoms with Gasteiger partial charge in [-0.15, -0.1) is 0 Å². The number of rotatable bonds is 4. The minimum Gasteiger partial charge on any atom is -0.489 e. The van der Waals surface area contributed by atoms with Gasteiger partial charge in [-0.3, -0.25) is 0 Å². The van der Waals surface area contributed by atoms with Crippen molar-refractivity contribution in [2.45, 2.75) is 13.0 Å². The van der Waals surface area contributed by atoms with Crippen molar-refractivity contribution in [1.82, 2.24) is 0 Å². The fourth-order valence-corrected chi connectivity index (χ4v) is 1.97. The van der Waals surface area contributed by atoms with Crippen LogP contribution in [0.4, 0.5) is 5.69 Å². The summed E-state index contributed by atoms with van der Waals surface area (Å²) < 4.78 is 5.55. The fraction of sp³-hybridized carbons (Fsp3) is 0.200. The van der Waals surface area contributed by atoms with Gasteiger partial charge in [-0.1, -0.05) is 35.9 Å². The van der Waals surface area contributed by atoms with Crippen LogP contribution in [0.25, 0.3) is 0 Å². The van der Waals surface area contributed by atoms with E-state index < -0.39 is 6.10 Å². The van der Waals surface area contributed by atoms with Gasteiger partial charge in [0.05, 0.1) is 5.02 Å². The van der Waals surface area contributed by atoms with Crippen LogP contribution in [0.5, 0.6) is 5.75 Å². The molecule has 19 heavy (non-hydrogen) atoms. The molecule has 0 aliphatic heterocycles. The highest BCUT2D eigenvalue weighted by atomic mass is 35.5. The average molecular weight is 278 g/mol. The van der Waals surface area contributed by atoms with E-state index in [1.54, 1.807) is 18.2 Å². The molecule has 3 N–H and O–H groups in total. The van der Waals surface area contributed by atoms with Gasteiger partial charge >= 0.3 is 0 Å². The first-order chi connectivity index (χ1) is 9.08. The van der Waals surface area contributed by atoms with Gasteiger partial charge in [-0.05, 0) is 30.7 Å². The summed E-state index contributed by atoms with van der Waals surface area (Å²) in [5, 5.41) is 10.6. The Kier molecular flexibility index (Phi) is 4.30. The molecular weight excluding hydrogens is 262 g/mol. The lowest BCUT2D eigenvalue weighted by Gasteiger charge is -2.15. The number of para-hydroxylation sites is 1. The second-order valence-corrected chi connectivity index (χ2v) is 4.80. The van der Waals surface area contributed by atoms with Gasteiger partial charge < -0.3 is 15.6 Å². The molecular formula is C15H16ClNO2. The first-order valence-electron chi connectivity index (χ1n) is 5.99. The summed E-state index contributed by atoms with van der Waals surface area (Å²) in [6, 6.07) is 12.7. The Morgan fingerprint density at radius 2 is 2.00 bits per heavy atom. The maximum absolute atomic E-state index is 10.1. The molecule has 0 aromatic heterocycles. The summed E-state index contributed by atoms with van der Waals surface area (Å²) in [5.41, 5.74) is 8.06. The quantitative estimate of drug-likeness (QED) is 0.843. The molecule has 100 valence electrons. The predicted octanol–water partition coefficient (Wildman–Crippen LogP) is 3.34. The molecule has 0 saturated carbocycles. The summed E-state index contributed by atoms with van der Waals surface area (Å²) in [6.07, 6.45) is -0.780. The highest BCUT2D eigenvalue weighted by Crippen LogP contribution is 2.27. The molecule has 2 rings (SSSR count). The SMILES string of the molecule is Cc1ccc(Cl)c(OCC(O)c2ccccc2N)c1. The van der Waals surface area contributed by atoms with Crippen LogP contribution >= 0.6 is 11.6 Å². The molecule has 0 radical (unpaired) electrons. The molecule has 0 fully saturated rings. The van der Waals surface area contributed by atoms with Crippen LogP contribution in [0.3, 0.4) is 0 Å². The zero-order valence-electron chi connectivity index (χ0n) is 10.6. The van der Waals surface area contributed by atoms with Crippen LogP contribution in [0.15, 0.2) is 42.5 Å². The van der Waals surface area contributed by atoms with E-state index >= 15 is 0 Å². The smallest absolute Gasteiger partial charge is 0.138 e. The minimum absolute atomic E-state index is 0.109. The number of halogens is 1. The van der Waals surface area contributed by atoms with Crippen molar-refractivity contribution in [3.05, 3.63) is 58.6 Å². The number of aryl methyl sites for hydroxylation is 1. The normalized spacial score (nSPS) is 12.2. The maximum atomic E-state index is 10.1. The topological polar surface area (TPSA) is 55.5 Å². The molecule has 2 aromatic carbocycles. The van der Waals surface area contributed by atoms with Crippen molar-refractivity contribution in [1.29, 1.82) is 0 Å². The van der Waals surface area contributed by atoms with E-state index in [9.17, 15) is 5.11 Å². The van der Waals surface area contributed by atoms with Gasteiger partial charge in [-0.25, -0.2) is 0 Å². The third kappa shape index (κ3) is 3.40. The van der Waals surface area contributed by atoms with Crippen molar-refractivity contribution in [2.24, 2.45) is 0 Å². The van der Waals surface area contributed by atoms with Crippen molar-refractivity contribution in [3.63, 3.8) is 0 Å². The minimum atomic E-state index is -0.780. The third-order valence-electron chi connectivity index (χ3n) is 2.84. The van der Waals surface area contributed by atoms with E-state index in [4.69, 9.17) is 22.1 Å². The first kappa shape index (κ1) is 13.7. The fourth-order valence-electron chi connectivity index (χ4n) is 1.79. The van der Waals surface area contributed by atoms with Crippen molar-refractivity contribution >= 4 is 17.3 Å². The van der Waals surface area contributed by atoms with Crippen LogP contribution in [0, 0.1) is 6.92 Å². The molecule has 0 amide bonds. The number of nitrogen functional groups attached to an aromatic ring is 1. The number of nitrogens with two attached hydrogens (primary N) is 1. The van der Waals surface area contributed by atoms with Crippen molar-refractivity contribution < 1.29 is 9.84 Å². The van der Waals surface area contributed by atoms with Crippen LogP contribution in [0.2, 0.25) is 5.02 Å². The lowest BCUT2D eigenvalue weighted by atomic mass is 10.1. The average Bonchev–Trinajstić information content (AvgIpc) is 2.40. The number of ether oxygens (including phenoxy) is 1. The molecule has 1 unspecified atom stereocenters. The van der Waals surface area contributed by atoms with Crippen molar-refractivity contribution in [3.8, 4) is 5.75 Å². The number of benzene rings is 2. The Bertz CT molecular complexity index is 572. The summed E-state index contributed by atoms with van der Waals surface area (Å²) in [4.78, 5) is 0. The van der Waals surface area contributed by atoms with E-state index in [1.165, 1.54) is 0 Å². The van der Waals surface area contributed by atoms with Gasteiger partial charge in [0, 0.05) is 11.3 Å².